The van der Waals surface area contributed by atoms with E-state index < -0.39 is 6.03 Å². The minimum Gasteiger partial charge on any atom is -0.352 e. The lowest BCUT2D eigenvalue weighted by atomic mass is 10.1. The normalized spacial score (nSPS) is 29.8. The van der Waals surface area contributed by atoms with E-state index in [2.05, 4.69) is 11.9 Å². The molecule has 0 radical (unpaired) electrons. The highest BCUT2D eigenvalue weighted by atomic mass is 32.2. The predicted molar refractivity (Wildman–Crippen MR) is 47.6 cm³/mol. The molecule has 1 rings (SSSR count). The third kappa shape index (κ3) is 2.15. The first kappa shape index (κ1) is 8.46. The second-order valence-electron chi connectivity index (χ2n) is 2.47. The van der Waals surface area contributed by atoms with E-state index in [1.54, 1.807) is 11.8 Å². The largest absolute Gasteiger partial charge is 0.352 e. The number of nitrogens with one attached hydrogen (secondary N) is 1. The Morgan fingerprint density at radius 3 is 3.09 bits per heavy atom. The number of rotatable bonds is 2. The Bertz CT molecular complexity index is 172. The van der Waals surface area contributed by atoms with E-state index in [0.717, 1.165) is 12.2 Å². The van der Waals surface area contributed by atoms with Crippen LogP contribution in [0.15, 0.2) is 12.7 Å². The van der Waals surface area contributed by atoms with Crippen molar-refractivity contribution in [1.82, 2.24) is 5.32 Å². The topological polar surface area (TPSA) is 55.1 Å². The second kappa shape index (κ2) is 3.67. The van der Waals surface area contributed by atoms with Gasteiger partial charge in [0.1, 0.15) is 0 Å². The molecule has 1 saturated heterocycles. The standard InChI is InChI=1S/C7H12N2OS/c1-2-6-5(3-4-11-6)9-7(8)10/h2,5-6H,1,3-4H2,(H3,8,9,10). The summed E-state index contributed by atoms with van der Waals surface area (Å²) in [6.45, 7) is 3.69. The Morgan fingerprint density at radius 2 is 2.55 bits per heavy atom. The molecular formula is C7H12N2OS. The molecule has 4 heteroatoms. The van der Waals surface area contributed by atoms with Crippen LogP contribution >= 0.6 is 11.8 Å². The summed E-state index contributed by atoms with van der Waals surface area (Å²) < 4.78 is 0. The summed E-state index contributed by atoms with van der Waals surface area (Å²) in [6.07, 6.45) is 2.85. The number of carbonyl (C=O) groups is 1. The van der Waals surface area contributed by atoms with Crippen LogP contribution in [0.2, 0.25) is 0 Å². The molecule has 1 aliphatic rings. The highest BCUT2D eigenvalue weighted by molar-refractivity contribution is 8.00. The number of urea groups is 1. The van der Waals surface area contributed by atoms with Crippen molar-refractivity contribution >= 4 is 17.8 Å². The monoisotopic (exact) mass is 172 g/mol. The van der Waals surface area contributed by atoms with E-state index in [1.807, 2.05) is 6.08 Å². The summed E-state index contributed by atoms with van der Waals surface area (Å²) >= 11 is 1.80. The molecule has 0 saturated carbocycles. The van der Waals surface area contributed by atoms with Crippen molar-refractivity contribution in [3.8, 4) is 0 Å². The van der Waals surface area contributed by atoms with E-state index in [0.29, 0.717) is 5.25 Å². The smallest absolute Gasteiger partial charge is 0.312 e. The van der Waals surface area contributed by atoms with Crippen molar-refractivity contribution in [2.45, 2.75) is 17.7 Å². The van der Waals surface area contributed by atoms with Crippen LogP contribution in [0.1, 0.15) is 6.42 Å². The van der Waals surface area contributed by atoms with Gasteiger partial charge in [0.25, 0.3) is 0 Å². The molecule has 2 atom stereocenters. The molecular weight excluding hydrogens is 160 g/mol. The lowest BCUT2D eigenvalue weighted by Crippen LogP contribution is -2.41. The minimum absolute atomic E-state index is 0.190. The summed E-state index contributed by atoms with van der Waals surface area (Å²) in [7, 11) is 0. The summed E-state index contributed by atoms with van der Waals surface area (Å²) in [4.78, 5) is 10.5. The molecule has 1 aliphatic heterocycles. The second-order valence-corrected chi connectivity index (χ2v) is 3.76. The first-order valence-electron chi connectivity index (χ1n) is 3.54. The number of thioether (sulfide) groups is 1. The van der Waals surface area contributed by atoms with Crippen LogP contribution in [0.4, 0.5) is 4.79 Å². The zero-order chi connectivity index (χ0) is 8.27. The van der Waals surface area contributed by atoms with Crippen LogP contribution < -0.4 is 11.1 Å². The van der Waals surface area contributed by atoms with Crippen LogP contribution in [-0.2, 0) is 0 Å². The average Bonchev–Trinajstić information content (AvgIpc) is 2.34. The third-order valence-corrected chi connectivity index (χ3v) is 3.07. The number of hydrogen-bond donors (Lipinski definition) is 2. The Balaban J connectivity index is 2.43. The third-order valence-electron chi connectivity index (χ3n) is 1.70. The lowest BCUT2D eigenvalue weighted by Gasteiger charge is -2.14. The quantitative estimate of drug-likeness (QED) is 0.603. The Hall–Kier alpha value is -0.640. The van der Waals surface area contributed by atoms with Gasteiger partial charge in [0.2, 0.25) is 0 Å². The van der Waals surface area contributed by atoms with Gasteiger partial charge in [-0.2, -0.15) is 11.8 Å². The van der Waals surface area contributed by atoms with Gasteiger partial charge in [-0.1, -0.05) is 6.08 Å². The van der Waals surface area contributed by atoms with E-state index in [1.165, 1.54) is 0 Å². The van der Waals surface area contributed by atoms with Crippen molar-refractivity contribution in [2.75, 3.05) is 5.75 Å². The van der Waals surface area contributed by atoms with Crippen LogP contribution in [0.25, 0.3) is 0 Å². The molecule has 3 nitrogen and oxygen atoms in total. The molecule has 2 amide bonds. The molecule has 0 bridgehead atoms. The van der Waals surface area contributed by atoms with Crippen molar-refractivity contribution in [2.24, 2.45) is 5.73 Å². The van der Waals surface area contributed by atoms with Gasteiger partial charge in [0, 0.05) is 11.3 Å². The van der Waals surface area contributed by atoms with Crippen molar-refractivity contribution in [3.63, 3.8) is 0 Å². The Morgan fingerprint density at radius 1 is 1.82 bits per heavy atom. The Labute approximate surface area is 70.4 Å². The van der Waals surface area contributed by atoms with Gasteiger partial charge in [-0.15, -0.1) is 6.58 Å². The zero-order valence-electron chi connectivity index (χ0n) is 6.25. The molecule has 0 spiro atoms. The summed E-state index contributed by atoms with van der Waals surface area (Å²) in [5.74, 6) is 1.07. The lowest BCUT2D eigenvalue weighted by molar-refractivity contribution is 0.245. The van der Waals surface area contributed by atoms with Crippen LogP contribution in [-0.4, -0.2) is 23.1 Å². The van der Waals surface area contributed by atoms with Gasteiger partial charge in [-0.25, -0.2) is 4.79 Å². The van der Waals surface area contributed by atoms with E-state index >= 15 is 0 Å². The van der Waals surface area contributed by atoms with Gasteiger partial charge in [-0.3, -0.25) is 0 Å². The van der Waals surface area contributed by atoms with Crippen LogP contribution in [0, 0.1) is 0 Å². The maximum Gasteiger partial charge on any atom is 0.312 e. The number of carbonyl (C=O) groups excluding carboxylic acids is 1. The fraction of sp³-hybridized carbons (Fsp3) is 0.571. The SMILES string of the molecule is C=CC1SCCC1NC(N)=O. The van der Waals surface area contributed by atoms with Crippen molar-refractivity contribution in [3.05, 3.63) is 12.7 Å². The van der Waals surface area contributed by atoms with E-state index in [-0.39, 0.29) is 6.04 Å². The van der Waals surface area contributed by atoms with Gasteiger partial charge >= 0.3 is 6.03 Å². The molecule has 1 fully saturated rings. The predicted octanol–water partition coefficient (Wildman–Crippen LogP) is 0.715. The molecule has 1 heterocycles. The first-order chi connectivity index (χ1) is 5.24. The van der Waals surface area contributed by atoms with Gasteiger partial charge in [0.05, 0.1) is 0 Å². The number of nitrogens with two attached hydrogens (primary N) is 1. The Kier molecular flexibility index (Phi) is 2.82. The molecule has 0 aromatic rings. The zero-order valence-corrected chi connectivity index (χ0v) is 7.06. The van der Waals surface area contributed by atoms with E-state index in [9.17, 15) is 4.79 Å². The van der Waals surface area contributed by atoms with Crippen molar-refractivity contribution in [1.29, 1.82) is 0 Å². The van der Waals surface area contributed by atoms with Gasteiger partial charge in [-0.05, 0) is 12.2 Å². The molecule has 11 heavy (non-hydrogen) atoms. The van der Waals surface area contributed by atoms with Crippen molar-refractivity contribution < 1.29 is 4.79 Å². The molecule has 0 aromatic carbocycles. The summed E-state index contributed by atoms with van der Waals surface area (Å²) in [5.41, 5.74) is 5.00. The maximum absolute atomic E-state index is 10.5. The van der Waals surface area contributed by atoms with Gasteiger partial charge in [0.15, 0.2) is 0 Å². The molecule has 2 unspecified atom stereocenters. The molecule has 0 aromatic heterocycles. The fourth-order valence-corrected chi connectivity index (χ4v) is 2.42. The number of amides is 2. The van der Waals surface area contributed by atoms with Crippen LogP contribution in [0.3, 0.4) is 0 Å². The summed E-state index contributed by atoms with van der Waals surface area (Å²) in [6, 6.07) is -0.251. The molecule has 0 aliphatic carbocycles. The molecule has 3 N–H and O–H groups in total. The summed E-state index contributed by atoms with van der Waals surface area (Å²) in [5, 5.41) is 3.03. The van der Waals surface area contributed by atoms with Gasteiger partial charge < -0.3 is 11.1 Å². The number of primary amides is 1. The first-order valence-corrected chi connectivity index (χ1v) is 4.59. The average molecular weight is 172 g/mol. The molecule has 62 valence electrons. The van der Waals surface area contributed by atoms with E-state index in [4.69, 9.17) is 5.73 Å². The highest BCUT2D eigenvalue weighted by Crippen LogP contribution is 2.27. The number of hydrogen-bond acceptors (Lipinski definition) is 2. The maximum atomic E-state index is 10.5. The fourth-order valence-electron chi connectivity index (χ4n) is 1.18. The van der Waals surface area contributed by atoms with Crippen LogP contribution in [0.5, 0.6) is 0 Å². The minimum atomic E-state index is -0.440. The highest BCUT2D eigenvalue weighted by Gasteiger charge is 2.25.